The summed E-state index contributed by atoms with van der Waals surface area (Å²) in [5.41, 5.74) is 1.08. The van der Waals surface area contributed by atoms with Crippen LogP contribution in [0.1, 0.15) is 18.5 Å². The summed E-state index contributed by atoms with van der Waals surface area (Å²) in [4.78, 5) is 27.5. The number of nitrogens with one attached hydrogen (secondary N) is 2. The van der Waals surface area contributed by atoms with E-state index in [2.05, 4.69) is 10.6 Å². The van der Waals surface area contributed by atoms with Crippen LogP contribution >= 0.6 is 0 Å². The Morgan fingerprint density at radius 2 is 1.57 bits per heavy atom. The second-order valence-corrected chi connectivity index (χ2v) is 5.79. The molecule has 1 aromatic carbocycles. The molecule has 2 heterocycles. The lowest BCUT2D eigenvalue weighted by atomic mass is 9.81. The number of carbonyl (C=O) groups excluding carboxylic acids is 2. The van der Waals surface area contributed by atoms with E-state index in [1.165, 1.54) is 0 Å². The standard InChI is InChI=1S/C15H20N4O2/c1-9-11-12(10-7-5-4-6-8-10)18(2)15(21)17-13(11)19(3)14(20)16-9/h4-9,11-13H,1-3H3,(H,16,20)(H,17,21)/t9-,11+,12+,13-/m0/s1. The van der Waals surface area contributed by atoms with Crippen molar-refractivity contribution >= 4 is 12.1 Å². The lowest BCUT2D eigenvalue weighted by Gasteiger charge is -2.52. The molecule has 2 aliphatic rings. The van der Waals surface area contributed by atoms with Gasteiger partial charge in [-0.2, -0.15) is 0 Å². The molecule has 1 aromatic rings. The number of benzene rings is 1. The Kier molecular flexibility index (Phi) is 3.23. The monoisotopic (exact) mass is 288 g/mol. The van der Waals surface area contributed by atoms with Gasteiger partial charge in [0, 0.05) is 26.1 Å². The molecule has 0 spiro atoms. The van der Waals surface area contributed by atoms with Gasteiger partial charge >= 0.3 is 12.1 Å². The molecule has 0 saturated carbocycles. The van der Waals surface area contributed by atoms with Gasteiger partial charge in [-0.1, -0.05) is 30.3 Å². The van der Waals surface area contributed by atoms with Gasteiger partial charge in [-0.25, -0.2) is 9.59 Å². The zero-order chi connectivity index (χ0) is 15.1. The van der Waals surface area contributed by atoms with Crippen molar-refractivity contribution in [1.82, 2.24) is 20.4 Å². The van der Waals surface area contributed by atoms with E-state index in [9.17, 15) is 9.59 Å². The van der Waals surface area contributed by atoms with Crippen LogP contribution in [0.5, 0.6) is 0 Å². The number of hydrogen-bond donors (Lipinski definition) is 2. The highest BCUT2D eigenvalue weighted by atomic mass is 16.2. The highest BCUT2D eigenvalue weighted by Gasteiger charge is 2.49. The Morgan fingerprint density at radius 1 is 0.952 bits per heavy atom. The molecule has 0 aliphatic carbocycles. The smallest absolute Gasteiger partial charge is 0.319 e. The molecule has 0 unspecified atom stereocenters. The first kappa shape index (κ1) is 13.7. The fraction of sp³-hybridized carbons (Fsp3) is 0.467. The van der Waals surface area contributed by atoms with Crippen LogP contribution in [-0.2, 0) is 0 Å². The van der Waals surface area contributed by atoms with Crippen LogP contribution in [-0.4, -0.2) is 48.2 Å². The van der Waals surface area contributed by atoms with E-state index < -0.39 is 0 Å². The van der Waals surface area contributed by atoms with Crippen molar-refractivity contribution in [1.29, 1.82) is 0 Å². The highest BCUT2D eigenvalue weighted by Crippen LogP contribution is 2.38. The summed E-state index contributed by atoms with van der Waals surface area (Å²) in [6.07, 6.45) is -0.289. The maximum absolute atomic E-state index is 12.2. The average Bonchev–Trinajstić information content (AvgIpc) is 2.48. The van der Waals surface area contributed by atoms with Crippen LogP contribution in [0.15, 0.2) is 30.3 Å². The van der Waals surface area contributed by atoms with Crippen LogP contribution < -0.4 is 10.6 Å². The minimum Gasteiger partial charge on any atom is -0.335 e. The molecule has 0 bridgehead atoms. The normalized spacial score (nSPS) is 32.3. The summed E-state index contributed by atoms with van der Waals surface area (Å²) in [7, 11) is 3.51. The summed E-state index contributed by atoms with van der Waals surface area (Å²) in [5.74, 6) is 0.0813. The first-order valence-corrected chi connectivity index (χ1v) is 7.12. The van der Waals surface area contributed by atoms with Gasteiger partial charge in [-0.3, -0.25) is 0 Å². The Bertz CT molecular complexity index is 562. The second-order valence-electron chi connectivity index (χ2n) is 5.79. The summed E-state index contributed by atoms with van der Waals surface area (Å²) >= 11 is 0. The first-order valence-electron chi connectivity index (χ1n) is 7.12. The zero-order valence-electron chi connectivity index (χ0n) is 12.4. The molecule has 2 fully saturated rings. The minimum atomic E-state index is -0.289. The second kappa shape index (κ2) is 4.95. The molecule has 4 atom stereocenters. The van der Waals surface area contributed by atoms with Crippen molar-refractivity contribution in [3.63, 3.8) is 0 Å². The molecule has 2 N–H and O–H groups in total. The first-order chi connectivity index (χ1) is 10.0. The van der Waals surface area contributed by atoms with E-state index in [1.807, 2.05) is 37.3 Å². The topological polar surface area (TPSA) is 64.7 Å². The van der Waals surface area contributed by atoms with Crippen LogP contribution in [0.25, 0.3) is 0 Å². The molecule has 21 heavy (non-hydrogen) atoms. The highest BCUT2D eigenvalue weighted by molar-refractivity contribution is 5.80. The Labute approximate surface area is 124 Å². The number of rotatable bonds is 1. The Balaban J connectivity index is 2.03. The molecule has 2 aliphatic heterocycles. The predicted octanol–water partition coefficient (Wildman–Crippen LogP) is 1.37. The van der Waals surface area contributed by atoms with Gasteiger partial charge in [-0.05, 0) is 12.5 Å². The molecule has 6 nitrogen and oxygen atoms in total. The van der Waals surface area contributed by atoms with E-state index >= 15 is 0 Å². The summed E-state index contributed by atoms with van der Waals surface area (Å²) < 4.78 is 0. The fourth-order valence-corrected chi connectivity index (χ4v) is 3.40. The van der Waals surface area contributed by atoms with E-state index in [4.69, 9.17) is 0 Å². The van der Waals surface area contributed by atoms with Crippen molar-refractivity contribution in [3.05, 3.63) is 35.9 Å². The lowest BCUT2D eigenvalue weighted by molar-refractivity contribution is 0.0248. The molecule has 112 valence electrons. The quantitative estimate of drug-likeness (QED) is 0.819. The van der Waals surface area contributed by atoms with Gasteiger partial charge in [0.2, 0.25) is 0 Å². The third-order valence-corrected chi connectivity index (χ3v) is 4.55. The zero-order valence-corrected chi connectivity index (χ0v) is 12.4. The number of hydrogen-bond acceptors (Lipinski definition) is 2. The number of fused-ring (bicyclic) bond motifs is 1. The van der Waals surface area contributed by atoms with Gasteiger partial charge in [0.1, 0.15) is 6.17 Å². The van der Waals surface area contributed by atoms with Crippen molar-refractivity contribution in [3.8, 4) is 0 Å². The summed E-state index contributed by atoms with van der Waals surface area (Å²) in [6, 6.07) is 9.57. The molecular formula is C15H20N4O2. The van der Waals surface area contributed by atoms with Gasteiger partial charge in [0.25, 0.3) is 0 Å². The predicted molar refractivity (Wildman–Crippen MR) is 78.5 cm³/mol. The van der Waals surface area contributed by atoms with Gasteiger partial charge in [0.15, 0.2) is 0 Å². The lowest BCUT2D eigenvalue weighted by Crippen LogP contribution is -2.71. The maximum Gasteiger partial charge on any atom is 0.319 e. The molecule has 0 radical (unpaired) electrons. The third-order valence-electron chi connectivity index (χ3n) is 4.55. The van der Waals surface area contributed by atoms with Crippen molar-refractivity contribution in [2.75, 3.05) is 14.1 Å². The Morgan fingerprint density at radius 3 is 2.24 bits per heavy atom. The largest absolute Gasteiger partial charge is 0.335 e. The number of nitrogens with zero attached hydrogens (tertiary/aromatic N) is 2. The van der Waals surface area contributed by atoms with E-state index in [1.54, 1.807) is 23.9 Å². The van der Waals surface area contributed by atoms with Crippen LogP contribution in [0.4, 0.5) is 9.59 Å². The van der Waals surface area contributed by atoms with Crippen molar-refractivity contribution in [2.24, 2.45) is 5.92 Å². The Hall–Kier alpha value is -2.24. The van der Waals surface area contributed by atoms with Gasteiger partial charge in [-0.15, -0.1) is 0 Å². The summed E-state index contributed by atoms with van der Waals surface area (Å²) in [6.45, 7) is 1.99. The molecular weight excluding hydrogens is 268 g/mol. The minimum absolute atomic E-state index is 0.0213. The molecule has 0 aromatic heterocycles. The molecule has 6 heteroatoms. The SMILES string of the molecule is C[C@@H]1NC(=O)N(C)[C@@H]2NC(=O)N(C)[C@H](c3ccccc3)[C@@H]12. The third kappa shape index (κ3) is 2.11. The van der Waals surface area contributed by atoms with Crippen LogP contribution in [0.3, 0.4) is 0 Å². The van der Waals surface area contributed by atoms with Gasteiger partial charge < -0.3 is 20.4 Å². The summed E-state index contributed by atoms with van der Waals surface area (Å²) in [5, 5.41) is 5.90. The van der Waals surface area contributed by atoms with Crippen LogP contribution in [0.2, 0.25) is 0 Å². The van der Waals surface area contributed by atoms with Gasteiger partial charge in [0.05, 0.1) is 6.04 Å². The van der Waals surface area contributed by atoms with E-state index in [-0.39, 0.29) is 36.2 Å². The number of amides is 4. The van der Waals surface area contributed by atoms with Crippen molar-refractivity contribution < 1.29 is 9.59 Å². The van der Waals surface area contributed by atoms with Crippen LogP contribution in [0, 0.1) is 5.92 Å². The average molecular weight is 288 g/mol. The number of urea groups is 2. The maximum atomic E-state index is 12.2. The van der Waals surface area contributed by atoms with E-state index in [0.717, 1.165) is 5.56 Å². The fourth-order valence-electron chi connectivity index (χ4n) is 3.40. The van der Waals surface area contributed by atoms with Crippen molar-refractivity contribution in [2.45, 2.75) is 25.2 Å². The molecule has 4 amide bonds. The molecule has 2 saturated heterocycles. The van der Waals surface area contributed by atoms with E-state index in [0.29, 0.717) is 0 Å². The number of carbonyl (C=O) groups is 2. The molecule has 3 rings (SSSR count).